The maximum absolute atomic E-state index is 10.1. The quantitative estimate of drug-likeness (QED) is 0.615. The van der Waals surface area contributed by atoms with Crippen LogP contribution in [0.3, 0.4) is 0 Å². The summed E-state index contributed by atoms with van der Waals surface area (Å²) in [5, 5.41) is 10.1. The van der Waals surface area contributed by atoms with Gasteiger partial charge in [0.15, 0.2) is 0 Å². The number of carbonyl (C=O) groups excluding carboxylic acids is 1. The zero-order chi connectivity index (χ0) is 8.97. The lowest BCUT2D eigenvalue weighted by atomic mass is 9.89. The smallest absolute Gasteiger partial charge is 0.0864 e. The molecule has 0 heterocycles. The van der Waals surface area contributed by atoms with Crippen molar-refractivity contribution >= 4 is 5.97 Å². The van der Waals surface area contributed by atoms with Crippen molar-refractivity contribution in [3.63, 3.8) is 0 Å². The fourth-order valence-electron chi connectivity index (χ4n) is 1.58. The third kappa shape index (κ3) is 3.22. The van der Waals surface area contributed by atoms with Crippen LogP contribution >= 0.6 is 0 Å². The Labute approximate surface area is 72.7 Å². The number of carboxylic acid groups (broad SMARTS) is 1. The monoisotopic (exact) mass is 171 g/mol. The molecule has 0 aromatic rings. The summed E-state index contributed by atoms with van der Waals surface area (Å²) >= 11 is 0. The highest BCUT2D eigenvalue weighted by molar-refractivity contribution is 5.65. The van der Waals surface area contributed by atoms with Crippen LogP contribution in [0.2, 0.25) is 0 Å². The van der Waals surface area contributed by atoms with Crippen LogP contribution in [0.1, 0.15) is 32.6 Å². The van der Waals surface area contributed by atoms with Gasteiger partial charge in [-0.2, -0.15) is 0 Å². The first-order chi connectivity index (χ1) is 5.68. The molecule has 0 aromatic carbocycles. The Bertz CT molecular complexity index is 148. The normalized spacial score (nSPS) is 30.1. The molecule has 1 aliphatic carbocycles. The third-order valence-electron chi connectivity index (χ3n) is 2.40. The second-order valence-electron chi connectivity index (χ2n) is 3.56. The Balaban J connectivity index is 2.13. The molecule has 0 unspecified atom stereocenters. The third-order valence-corrected chi connectivity index (χ3v) is 2.40. The van der Waals surface area contributed by atoms with Crippen molar-refractivity contribution in [2.24, 2.45) is 5.92 Å². The zero-order valence-electron chi connectivity index (χ0n) is 7.41. The van der Waals surface area contributed by atoms with Gasteiger partial charge >= 0.3 is 0 Å². The maximum atomic E-state index is 10.1. The summed E-state index contributed by atoms with van der Waals surface area (Å²) in [6.07, 6.45) is 4.44. The van der Waals surface area contributed by atoms with Crippen LogP contribution in [0.4, 0.5) is 0 Å². The van der Waals surface area contributed by atoms with Gasteiger partial charge in [-0.05, 0) is 31.6 Å². The van der Waals surface area contributed by atoms with E-state index < -0.39 is 5.97 Å². The topological polar surface area (TPSA) is 49.4 Å². The molecule has 1 saturated carbocycles. The van der Waals surface area contributed by atoms with Gasteiger partial charge in [-0.3, -0.25) is 0 Å². The highest BCUT2D eigenvalue weighted by Crippen LogP contribution is 2.25. The highest BCUT2D eigenvalue weighted by Gasteiger charge is 2.18. The lowest BCUT2D eigenvalue weighted by molar-refractivity contribution is -0.310. The molecule has 0 N–H and O–H groups in total. The molecule has 0 aliphatic heterocycles. The van der Waals surface area contributed by atoms with Crippen molar-refractivity contribution in [1.29, 1.82) is 0 Å². The second kappa shape index (κ2) is 4.45. The van der Waals surface area contributed by atoms with Gasteiger partial charge in [0, 0.05) is 0 Å². The van der Waals surface area contributed by atoms with Crippen LogP contribution < -0.4 is 5.11 Å². The van der Waals surface area contributed by atoms with Crippen LogP contribution in [0.15, 0.2) is 0 Å². The average Bonchev–Trinajstić information content (AvgIpc) is 2.03. The van der Waals surface area contributed by atoms with Crippen molar-refractivity contribution < 1.29 is 14.6 Å². The van der Waals surface area contributed by atoms with Gasteiger partial charge in [-0.25, -0.2) is 0 Å². The number of hydrogen-bond acceptors (Lipinski definition) is 3. The number of hydrogen-bond donors (Lipinski definition) is 0. The first-order valence-corrected chi connectivity index (χ1v) is 4.50. The molecule has 3 heteroatoms. The van der Waals surface area contributed by atoms with Gasteiger partial charge in [-0.1, -0.05) is 6.92 Å². The minimum Gasteiger partial charge on any atom is -0.548 e. The summed E-state index contributed by atoms with van der Waals surface area (Å²) < 4.78 is 5.13. The first-order valence-electron chi connectivity index (χ1n) is 4.50. The SMILES string of the molecule is CC1CCC(OCC(=O)[O-])CC1. The minimum atomic E-state index is -1.12. The van der Waals surface area contributed by atoms with Crippen molar-refractivity contribution in [3.8, 4) is 0 Å². The highest BCUT2D eigenvalue weighted by atomic mass is 16.5. The minimum absolute atomic E-state index is 0.152. The Hall–Kier alpha value is -0.570. The van der Waals surface area contributed by atoms with E-state index in [2.05, 4.69) is 6.92 Å². The largest absolute Gasteiger partial charge is 0.548 e. The lowest BCUT2D eigenvalue weighted by Crippen LogP contribution is -2.31. The number of ether oxygens (including phenoxy) is 1. The fraction of sp³-hybridized carbons (Fsp3) is 0.889. The van der Waals surface area contributed by atoms with E-state index in [4.69, 9.17) is 4.74 Å². The van der Waals surface area contributed by atoms with Crippen molar-refractivity contribution in [1.82, 2.24) is 0 Å². The molecular weight excluding hydrogens is 156 g/mol. The Kier molecular flexibility index (Phi) is 3.53. The average molecular weight is 171 g/mol. The van der Waals surface area contributed by atoms with Gasteiger partial charge in [0.1, 0.15) is 0 Å². The molecule has 1 fully saturated rings. The van der Waals surface area contributed by atoms with Gasteiger partial charge in [0.05, 0.1) is 18.7 Å². The molecule has 1 rings (SSSR count). The van der Waals surface area contributed by atoms with Crippen molar-refractivity contribution in [2.45, 2.75) is 38.7 Å². The van der Waals surface area contributed by atoms with Gasteiger partial charge in [-0.15, -0.1) is 0 Å². The van der Waals surface area contributed by atoms with Crippen molar-refractivity contribution in [3.05, 3.63) is 0 Å². The summed E-state index contributed by atoms with van der Waals surface area (Å²) in [4.78, 5) is 10.1. The van der Waals surface area contributed by atoms with E-state index in [1.807, 2.05) is 0 Å². The Morgan fingerprint density at radius 3 is 2.50 bits per heavy atom. The number of carbonyl (C=O) groups is 1. The van der Waals surface area contributed by atoms with Gasteiger partial charge in [0.2, 0.25) is 0 Å². The van der Waals surface area contributed by atoms with Gasteiger partial charge < -0.3 is 14.6 Å². The van der Waals surface area contributed by atoms with Crippen LogP contribution in [0.25, 0.3) is 0 Å². The first kappa shape index (κ1) is 9.52. The van der Waals surface area contributed by atoms with E-state index in [1.165, 1.54) is 0 Å². The maximum Gasteiger partial charge on any atom is 0.0864 e. The van der Waals surface area contributed by atoms with E-state index in [-0.39, 0.29) is 12.7 Å². The second-order valence-corrected chi connectivity index (χ2v) is 3.56. The molecule has 0 atom stereocenters. The number of aliphatic carboxylic acids is 1. The molecule has 0 radical (unpaired) electrons. The van der Waals surface area contributed by atoms with Crippen LogP contribution in [0.5, 0.6) is 0 Å². The predicted molar refractivity (Wildman–Crippen MR) is 42.4 cm³/mol. The molecule has 0 saturated heterocycles. The van der Waals surface area contributed by atoms with E-state index in [9.17, 15) is 9.90 Å². The lowest BCUT2D eigenvalue weighted by Gasteiger charge is -2.26. The number of carboxylic acids is 1. The molecule has 0 bridgehead atoms. The molecular formula is C9H15O3-. The Morgan fingerprint density at radius 1 is 1.42 bits per heavy atom. The van der Waals surface area contributed by atoms with Crippen LogP contribution in [-0.4, -0.2) is 18.7 Å². The van der Waals surface area contributed by atoms with E-state index in [1.54, 1.807) is 0 Å². The Morgan fingerprint density at radius 2 is 2.00 bits per heavy atom. The summed E-state index contributed by atoms with van der Waals surface area (Å²) in [5.74, 6) is -0.346. The van der Waals surface area contributed by atoms with E-state index in [0.717, 1.165) is 31.6 Å². The van der Waals surface area contributed by atoms with E-state index >= 15 is 0 Å². The molecule has 0 spiro atoms. The summed E-state index contributed by atoms with van der Waals surface area (Å²) in [6, 6.07) is 0. The van der Waals surface area contributed by atoms with Gasteiger partial charge in [0.25, 0.3) is 0 Å². The number of rotatable bonds is 3. The van der Waals surface area contributed by atoms with Crippen LogP contribution in [-0.2, 0) is 9.53 Å². The molecule has 1 aliphatic rings. The summed E-state index contributed by atoms with van der Waals surface area (Å²) in [5.41, 5.74) is 0. The standard InChI is InChI=1S/C9H16O3/c1-7-2-4-8(5-3-7)12-6-9(10)11/h7-8H,2-6H2,1H3,(H,10,11)/p-1. The molecule has 70 valence electrons. The molecule has 12 heavy (non-hydrogen) atoms. The van der Waals surface area contributed by atoms with E-state index in [0.29, 0.717) is 0 Å². The summed E-state index contributed by atoms with van der Waals surface area (Å²) in [6.45, 7) is 1.97. The molecule has 0 aromatic heterocycles. The summed E-state index contributed by atoms with van der Waals surface area (Å²) in [7, 11) is 0. The predicted octanol–water partition coefficient (Wildman–Crippen LogP) is 0.332. The molecule has 0 amide bonds. The van der Waals surface area contributed by atoms with Crippen LogP contribution in [0, 0.1) is 5.92 Å². The fourth-order valence-corrected chi connectivity index (χ4v) is 1.58. The zero-order valence-corrected chi connectivity index (χ0v) is 7.41. The van der Waals surface area contributed by atoms with Crippen molar-refractivity contribution in [2.75, 3.05) is 6.61 Å². The molecule has 3 nitrogen and oxygen atoms in total.